The lowest BCUT2D eigenvalue weighted by atomic mass is 10.2. The fourth-order valence-corrected chi connectivity index (χ4v) is 2.13. The maximum absolute atomic E-state index is 8.99. The predicted molar refractivity (Wildman–Crippen MR) is 67.6 cm³/mol. The molecule has 0 aliphatic carbocycles. The van der Waals surface area contributed by atoms with Crippen LogP contribution in [0.3, 0.4) is 0 Å². The first-order valence-corrected chi connectivity index (χ1v) is 5.73. The third kappa shape index (κ3) is 2.04. The van der Waals surface area contributed by atoms with Crippen molar-refractivity contribution in [3.05, 3.63) is 34.6 Å². The molecule has 0 aliphatic heterocycles. The summed E-state index contributed by atoms with van der Waals surface area (Å²) in [7, 11) is 3.43. The number of methoxy groups -OCH3 is 1. The van der Waals surface area contributed by atoms with Gasteiger partial charge in [-0.05, 0) is 28.1 Å². The van der Waals surface area contributed by atoms with Crippen molar-refractivity contribution >= 4 is 15.9 Å². The number of benzene rings is 1. The molecule has 86 valence electrons. The first-order valence-electron chi connectivity index (χ1n) is 4.94. The van der Waals surface area contributed by atoms with Crippen molar-refractivity contribution in [3.8, 4) is 23.2 Å². The molecule has 0 radical (unpaired) electrons. The molecule has 0 saturated heterocycles. The normalized spacial score (nSPS) is 10.0. The molecule has 2 rings (SSSR count). The van der Waals surface area contributed by atoms with Crippen LogP contribution < -0.4 is 4.74 Å². The molecule has 1 aromatic heterocycles. The quantitative estimate of drug-likeness (QED) is 0.855. The Morgan fingerprint density at radius 1 is 1.47 bits per heavy atom. The Balaban J connectivity index is 2.57. The molecule has 0 aliphatic rings. The van der Waals surface area contributed by atoms with Gasteiger partial charge in [-0.15, -0.1) is 0 Å². The van der Waals surface area contributed by atoms with E-state index in [4.69, 9.17) is 10.00 Å². The lowest BCUT2D eigenvalue weighted by Gasteiger charge is -2.04. The average Bonchev–Trinajstić information content (AvgIpc) is 2.64. The van der Waals surface area contributed by atoms with Gasteiger partial charge >= 0.3 is 0 Å². The summed E-state index contributed by atoms with van der Waals surface area (Å²) in [6, 6.07) is 9.68. The van der Waals surface area contributed by atoms with Crippen LogP contribution in [0.4, 0.5) is 0 Å². The van der Waals surface area contributed by atoms with Crippen molar-refractivity contribution in [2.24, 2.45) is 7.05 Å². The van der Waals surface area contributed by atoms with Crippen LogP contribution in [0, 0.1) is 11.3 Å². The maximum atomic E-state index is 8.99. The zero-order valence-corrected chi connectivity index (χ0v) is 11.0. The molecule has 1 aromatic carbocycles. The van der Waals surface area contributed by atoms with Gasteiger partial charge in [0.15, 0.2) is 5.69 Å². The molecule has 0 amide bonds. The van der Waals surface area contributed by atoms with E-state index in [1.165, 1.54) is 0 Å². The van der Waals surface area contributed by atoms with Gasteiger partial charge < -0.3 is 9.30 Å². The summed E-state index contributed by atoms with van der Waals surface area (Å²) < 4.78 is 7.47. The monoisotopic (exact) mass is 291 g/mol. The van der Waals surface area contributed by atoms with Crippen molar-refractivity contribution in [2.45, 2.75) is 0 Å². The van der Waals surface area contributed by atoms with Crippen molar-refractivity contribution in [2.75, 3.05) is 7.11 Å². The molecule has 0 unspecified atom stereocenters. The highest BCUT2D eigenvalue weighted by atomic mass is 79.9. The van der Waals surface area contributed by atoms with Crippen LogP contribution in [0.1, 0.15) is 5.69 Å². The summed E-state index contributed by atoms with van der Waals surface area (Å²) >= 11 is 3.28. The van der Waals surface area contributed by atoms with Gasteiger partial charge in [-0.3, -0.25) is 0 Å². The first kappa shape index (κ1) is 11.7. The lowest BCUT2D eigenvalue weighted by molar-refractivity contribution is 0.415. The van der Waals surface area contributed by atoms with Crippen molar-refractivity contribution < 1.29 is 4.74 Å². The summed E-state index contributed by atoms with van der Waals surface area (Å²) in [5.41, 5.74) is 1.41. The Morgan fingerprint density at radius 3 is 2.82 bits per heavy atom. The number of aromatic nitrogens is 2. The minimum absolute atomic E-state index is 0.503. The standard InChI is InChI=1S/C12H10BrN3O/c1-16-10(7-14)11(13)15-12(16)8-4-3-5-9(6-8)17-2/h3-6H,1-2H3. The van der Waals surface area contributed by atoms with Crippen molar-refractivity contribution in [1.29, 1.82) is 5.26 Å². The number of nitriles is 1. The number of halogens is 1. The summed E-state index contributed by atoms with van der Waals surface area (Å²) in [4.78, 5) is 4.33. The number of nitrogens with zero attached hydrogens (tertiary/aromatic N) is 3. The first-order chi connectivity index (χ1) is 8.17. The maximum Gasteiger partial charge on any atom is 0.154 e. The van der Waals surface area contributed by atoms with Gasteiger partial charge in [0.25, 0.3) is 0 Å². The second kappa shape index (κ2) is 4.60. The average molecular weight is 292 g/mol. The number of ether oxygens (including phenoxy) is 1. The van der Waals surface area contributed by atoms with E-state index in [1.54, 1.807) is 11.7 Å². The highest BCUT2D eigenvalue weighted by molar-refractivity contribution is 9.10. The minimum atomic E-state index is 0.503. The molecule has 0 fully saturated rings. The SMILES string of the molecule is COc1cccc(-c2nc(Br)c(C#N)n2C)c1. The lowest BCUT2D eigenvalue weighted by Crippen LogP contribution is -1.95. The van der Waals surface area contributed by atoms with E-state index in [9.17, 15) is 0 Å². The summed E-state index contributed by atoms with van der Waals surface area (Å²) in [6.07, 6.45) is 0. The van der Waals surface area contributed by atoms with E-state index in [2.05, 4.69) is 27.0 Å². The topological polar surface area (TPSA) is 50.8 Å². The van der Waals surface area contributed by atoms with Gasteiger partial charge in [0.2, 0.25) is 0 Å². The Kier molecular flexibility index (Phi) is 3.16. The zero-order valence-electron chi connectivity index (χ0n) is 9.44. The van der Waals surface area contributed by atoms with Crippen molar-refractivity contribution in [3.63, 3.8) is 0 Å². The summed E-state index contributed by atoms with van der Waals surface area (Å²) in [6.45, 7) is 0. The smallest absolute Gasteiger partial charge is 0.154 e. The molecule has 0 bridgehead atoms. The van der Waals surface area contributed by atoms with E-state index in [0.29, 0.717) is 10.3 Å². The third-order valence-electron chi connectivity index (χ3n) is 2.49. The molecule has 0 atom stereocenters. The second-order valence-electron chi connectivity index (χ2n) is 3.48. The second-order valence-corrected chi connectivity index (χ2v) is 4.23. The number of rotatable bonds is 2. The Bertz CT molecular complexity index is 598. The molecule has 1 heterocycles. The highest BCUT2D eigenvalue weighted by Crippen LogP contribution is 2.26. The Hall–Kier alpha value is -1.80. The highest BCUT2D eigenvalue weighted by Gasteiger charge is 2.13. The van der Waals surface area contributed by atoms with Crippen LogP contribution in [-0.2, 0) is 7.05 Å². The van der Waals surface area contributed by atoms with Crippen LogP contribution >= 0.6 is 15.9 Å². The van der Waals surface area contributed by atoms with E-state index < -0.39 is 0 Å². The van der Waals surface area contributed by atoms with E-state index in [0.717, 1.165) is 17.1 Å². The molecule has 0 saturated carbocycles. The number of imidazole rings is 1. The molecular formula is C12H10BrN3O. The van der Waals surface area contributed by atoms with Crippen LogP contribution in [0.2, 0.25) is 0 Å². The number of hydrogen-bond acceptors (Lipinski definition) is 3. The Labute approximate surface area is 108 Å². The molecule has 0 N–H and O–H groups in total. The van der Waals surface area contributed by atoms with Crippen LogP contribution in [0.5, 0.6) is 5.75 Å². The van der Waals surface area contributed by atoms with Crippen LogP contribution in [-0.4, -0.2) is 16.7 Å². The Morgan fingerprint density at radius 2 is 2.24 bits per heavy atom. The van der Waals surface area contributed by atoms with Gasteiger partial charge in [0.05, 0.1) is 7.11 Å². The third-order valence-corrected chi connectivity index (χ3v) is 3.04. The molecule has 4 nitrogen and oxygen atoms in total. The van der Waals surface area contributed by atoms with Gasteiger partial charge in [-0.25, -0.2) is 4.98 Å². The molecular weight excluding hydrogens is 282 g/mol. The van der Waals surface area contributed by atoms with Gasteiger partial charge in [-0.2, -0.15) is 5.26 Å². The summed E-state index contributed by atoms with van der Waals surface area (Å²) in [5.74, 6) is 1.49. The molecule has 2 aromatic rings. The number of hydrogen-bond donors (Lipinski definition) is 0. The fraction of sp³-hybridized carbons (Fsp3) is 0.167. The summed E-state index contributed by atoms with van der Waals surface area (Å²) in [5, 5.41) is 8.99. The predicted octanol–water partition coefficient (Wildman–Crippen LogP) is 2.73. The van der Waals surface area contributed by atoms with Gasteiger partial charge in [-0.1, -0.05) is 12.1 Å². The molecule has 5 heteroatoms. The van der Waals surface area contributed by atoms with E-state index >= 15 is 0 Å². The van der Waals surface area contributed by atoms with Gasteiger partial charge in [0.1, 0.15) is 22.2 Å². The minimum Gasteiger partial charge on any atom is -0.497 e. The van der Waals surface area contributed by atoms with Crippen LogP contribution in [0.15, 0.2) is 28.9 Å². The van der Waals surface area contributed by atoms with Crippen LogP contribution in [0.25, 0.3) is 11.4 Å². The largest absolute Gasteiger partial charge is 0.497 e. The van der Waals surface area contributed by atoms with E-state index in [1.807, 2.05) is 31.3 Å². The molecule has 17 heavy (non-hydrogen) atoms. The zero-order chi connectivity index (χ0) is 12.4. The van der Waals surface area contributed by atoms with E-state index in [-0.39, 0.29) is 0 Å². The molecule has 0 spiro atoms. The van der Waals surface area contributed by atoms with Crippen molar-refractivity contribution in [1.82, 2.24) is 9.55 Å². The van der Waals surface area contributed by atoms with Gasteiger partial charge in [0, 0.05) is 12.6 Å². The fourth-order valence-electron chi connectivity index (χ4n) is 1.61.